The van der Waals surface area contributed by atoms with E-state index < -0.39 is 10.0 Å². The Labute approximate surface area is 147 Å². The fraction of sp³-hybridized carbons (Fsp3) is 0.562. The van der Waals surface area contributed by atoms with E-state index in [1.165, 1.54) is 4.31 Å². The van der Waals surface area contributed by atoms with Crippen LogP contribution in [0, 0.1) is 13.8 Å². The van der Waals surface area contributed by atoms with E-state index in [1.54, 1.807) is 36.9 Å². The number of sulfonamides is 1. The number of nitrogens with zero attached hydrogens (tertiary/aromatic N) is 5. The van der Waals surface area contributed by atoms with Crippen molar-refractivity contribution in [2.75, 3.05) is 13.1 Å². The van der Waals surface area contributed by atoms with Gasteiger partial charge in [-0.3, -0.25) is 4.68 Å². The summed E-state index contributed by atoms with van der Waals surface area (Å²) in [5.74, 6) is 0.409. The highest BCUT2D eigenvalue weighted by Gasteiger charge is 2.37. The molecule has 1 saturated heterocycles. The fourth-order valence-corrected chi connectivity index (χ4v) is 5.03. The first-order valence-electron chi connectivity index (χ1n) is 8.31. The summed E-state index contributed by atoms with van der Waals surface area (Å²) in [6.45, 7) is 8.22. The van der Waals surface area contributed by atoms with Crippen molar-refractivity contribution in [3.63, 3.8) is 0 Å². The SMILES string of the molecule is Cc1nn(C(C)C)c(C)c1S(=O)(=O)N1CCC(Oc2cccnn2)C1. The van der Waals surface area contributed by atoms with Crippen LogP contribution in [0.15, 0.2) is 23.2 Å². The Morgan fingerprint density at radius 3 is 2.68 bits per heavy atom. The summed E-state index contributed by atoms with van der Waals surface area (Å²) in [7, 11) is -3.60. The zero-order valence-electron chi connectivity index (χ0n) is 14.9. The summed E-state index contributed by atoms with van der Waals surface area (Å²) in [6.07, 6.45) is 1.95. The van der Waals surface area contributed by atoms with Gasteiger partial charge in [-0.05, 0) is 40.2 Å². The van der Waals surface area contributed by atoms with Crippen molar-refractivity contribution < 1.29 is 13.2 Å². The van der Waals surface area contributed by atoms with Gasteiger partial charge in [0.1, 0.15) is 11.0 Å². The summed E-state index contributed by atoms with van der Waals surface area (Å²) in [5, 5.41) is 12.0. The molecule has 1 unspecified atom stereocenters. The zero-order chi connectivity index (χ0) is 18.2. The standard InChI is InChI=1S/C16H23N5O3S/c1-11(2)21-13(4)16(12(3)19-21)25(22,23)20-9-7-14(10-20)24-15-6-5-8-17-18-15/h5-6,8,11,14H,7,9-10H2,1-4H3. The van der Waals surface area contributed by atoms with Crippen LogP contribution in [0.3, 0.4) is 0 Å². The first-order chi connectivity index (χ1) is 11.8. The molecule has 0 N–H and O–H groups in total. The molecule has 0 saturated carbocycles. The van der Waals surface area contributed by atoms with E-state index in [9.17, 15) is 8.42 Å². The highest BCUT2D eigenvalue weighted by Crippen LogP contribution is 2.28. The van der Waals surface area contributed by atoms with Gasteiger partial charge in [0.05, 0.1) is 17.9 Å². The number of rotatable bonds is 5. The molecule has 1 fully saturated rings. The predicted octanol–water partition coefficient (Wildman–Crippen LogP) is 1.71. The number of hydrogen-bond acceptors (Lipinski definition) is 6. The first kappa shape index (κ1) is 17.8. The fourth-order valence-electron chi connectivity index (χ4n) is 3.19. The van der Waals surface area contributed by atoms with Crippen molar-refractivity contribution in [3.8, 4) is 5.88 Å². The zero-order valence-corrected chi connectivity index (χ0v) is 15.7. The van der Waals surface area contributed by atoms with Gasteiger partial charge in [-0.1, -0.05) is 0 Å². The summed E-state index contributed by atoms with van der Waals surface area (Å²) in [5.41, 5.74) is 1.20. The average Bonchev–Trinajstić information content (AvgIpc) is 3.13. The largest absolute Gasteiger partial charge is 0.472 e. The molecule has 0 spiro atoms. The molecule has 136 valence electrons. The van der Waals surface area contributed by atoms with Crippen molar-refractivity contribution in [2.24, 2.45) is 0 Å². The van der Waals surface area contributed by atoms with Gasteiger partial charge in [-0.25, -0.2) is 8.42 Å². The smallest absolute Gasteiger partial charge is 0.246 e. The summed E-state index contributed by atoms with van der Waals surface area (Å²) < 4.78 is 35.2. The van der Waals surface area contributed by atoms with Crippen LogP contribution in [-0.4, -0.2) is 51.9 Å². The molecule has 3 rings (SSSR count). The molecule has 1 aliphatic heterocycles. The third-order valence-corrected chi connectivity index (χ3v) is 6.41. The van der Waals surface area contributed by atoms with Crippen LogP contribution >= 0.6 is 0 Å². The van der Waals surface area contributed by atoms with Crippen molar-refractivity contribution in [2.45, 2.75) is 51.2 Å². The van der Waals surface area contributed by atoms with Crippen molar-refractivity contribution >= 4 is 10.0 Å². The van der Waals surface area contributed by atoms with E-state index in [-0.39, 0.29) is 12.1 Å². The van der Waals surface area contributed by atoms with Crippen molar-refractivity contribution in [1.29, 1.82) is 0 Å². The van der Waals surface area contributed by atoms with Gasteiger partial charge in [-0.2, -0.15) is 14.5 Å². The van der Waals surface area contributed by atoms with Crippen LogP contribution in [0.2, 0.25) is 0 Å². The lowest BCUT2D eigenvalue weighted by Crippen LogP contribution is -2.31. The van der Waals surface area contributed by atoms with Crippen LogP contribution in [0.4, 0.5) is 0 Å². The molecule has 1 aliphatic rings. The van der Waals surface area contributed by atoms with Crippen LogP contribution in [-0.2, 0) is 10.0 Å². The molecule has 0 radical (unpaired) electrons. The van der Waals surface area contributed by atoms with Crippen LogP contribution in [0.25, 0.3) is 0 Å². The lowest BCUT2D eigenvalue weighted by atomic mass is 10.3. The van der Waals surface area contributed by atoms with E-state index in [4.69, 9.17) is 4.74 Å². The highest BCUT2D eigenvalue weighted by atomic mass is 32.2. The molecule has 0 aliphatic carbocycles. The summed E-state index contributed by atoms with van der Waals surface area (Å²) in [6, 6.07) is 3.55. The minimum Gasteiger partial charge on any atom is -0.472 e. The van der Waals surface area contributed by atoms with E-state index in [2.05, 4.69) is 15.3 Å². The van der Waals surface area contributed by atoms with Gasteiger partial charge in [0.2, 0.25) is 15.9 Å². The van der Waals surface area contributed by atoms with Gasteiger partial charge in [0.25, 0.3) is 0 Å². The predicted molar refractivity (Wildman–Crippen MR) is 91.9 cm³/mol. The molecule has 0 aromatic carbocycles. The molecule has 25 heavy (non-hydrogen) atoms. The van der Waals surface area contributed by atoms with Gasteiger partial charge in [0, 0.05) is 24.8 Å². The third-order valence-electron chi connectivity index (χ3n) is 4.29. The molecule has 9 heteroatoms. The number of aromatic nitrogens is 4. The number of aryl methyl sites for hydroxylation is 1. The second-order valence-electron chi connectivity index (χ2n) is 6.49. The number of hydrogen-bond donors (Lipinski definition) is 0. The third kappa shape index (κ3) is 3.38. The molecular weight excluding hydrogens is 342 g/mol. The lowest BCUT2D eigenvalue weighted by molar-refractivity contribution is 0.204. The normalized spacial score (nSPS) is 18.8. The van der Waals surface area contributed by atoms with Crippen LogP contribution in [0.5, 0.6) is 5.88 Å². The second kappa shape index (κ2) is 6.72. The maximum atomic E-state index is 13.1. The topological polar surface area (TPSA) is 90.2 Å². The molecule has 3 heterocycles. The Hall–Kier alpha value is -2.00. The van der Waals surface area contributed by atoms with Gasteiger partial charge in [-0.15, -0.1) is 5.10 Å². The highest BCUT2D eigenvalue weighted by molar-refractivity contribution is 7.89. The van der Waals surface area contributed by atoms with Crippen LogP contribution < -0.4 is 4.74 Å². The molecule has 1 atom stereocenters. The second-order valence-corrected chi connectivity index (χ2v) is 8.37. The maximum Gasteiger partial charge on any atom is 0.246 e. The van der Waals surface area contributed by atoms with E-state index in [0.29, 0.717) is 41.7 Å². The molecule has 2 aromatic rings. The first-order valence-corrected chi connectivity index (χ1v) is 9.75. The monoisotopic (exact) mass is 365 g/mol. The Balaban J connectivity index is 1.80. The average molecular weight is 365 g/mol. The number of ether oxygens (including phenoxy) is 1. The molecule has 2 aromatic heterocycles. The van der Waals surface area contributed by atoms with E-state index in [0.717, 1.165) is 0 Å². The molecular formula is C16H23N5O3S. The Morgan fingerprint density at radius 2 is 2.08 bits per heavy atom. The molecule has 0 bridgehead atoms. The quantitative estimate of drug-likeness (QED) is 0.801. The summed E-state index contributed by atoms with van der Waals surface area (Å²) >= 11 is 0. The van der Waals surface area contributed by atoms with Crippen molar-refractivity contribution in [3.05, 3.63) is 29.7 Å². The molecule has 8 nitrogen and oxygen atoms in total. The van der Waals surface area contributed by atoms with Gasteiger partial charge < -0.3 is 4.74 Å². The Kier molecular flexibility index (Phi) is 4.79. The Morgan fingerprint density at radius 1 is 1.32 bits per heavy atom. The minimum absolute atomic E-state index is 0.106. The summed E-state index contributed by atoms with van der Waals surface area (Å²) in [4.78, 5) is 0.307. The maximum absolute atomic E-state index is 13.1. The Bertz CT molecular complexity index is 848. The van der Waals surface area contributed by atoms with E-state index >= 15 is 0 Å². The van der Waals surface area contributed by atoms with Gasteiger partial charge >= 0.3 is 0 Å². The van der Waals surface area contributed by atoms with Gasteiger partial charge in [0.15, 0.2) is 0 Å². The van der Waals surface area contributed by atoms with Crippen molar-refractivity contribution in [1.82, 2.24) is 24.3 Å². The van der Waals surface area contributed by atoms with Crippen LogP contribution in [0.1, 0.15) is 37.7 Å². The molecule has 0 amide bonds. The lowest BCUT2D eigenvalue weighted by Gasteiger charge is -2.17. The van der Waals surface area contributed by atoms with E-state index in [1.807, 2.05) is 13.8 Å². The minimum atomic E-state index is -3.60.